The molecule has 2 unspecified atom stereocenters. The summed E-state index contributed by atoms with van der Waals surface area (Å²) >= 11 is 9.93. The van der Waals surface area contributed by atoms with Gasteiger partial charge in [0, 0.05) is 43.0 Å². The van der Waals surface area contributed by atoms with Crippen LogP contribution in [0.3, 0.4) is 0 Å². The highest BCUT2D eigenvalue weighted by Gasteiger charge is 2.50. The van der Waals surface area contributed by atoms with Gasteiger partial charge in [0.05, 0.1) is 33.2 Å². The lowest BCUT2D eigenvalue weighted by Gasteiger charge is -2.35. The summed E-state index contributed by atoms with van der Waals surface area (Å²) in [5.41, 5.74) is 7.86. The van der Waals surface area contributed by atoms with Gasteiger partial charge < -0.3 is 0 Å². The van der Waals surface area contributed by atoms with Crippen LogP contribution in [0.15, 0.2) is 59.6 Å². The molecule has 0 aromatic carbocycles. The summed E-state index contributed by atoms with van der Waals surface area (Å²) in [5.74, 6) is 1.41. The fraction of sp³-hybridized carbons (Fsp3) is 0.381. The van der Waals surface area contributed by atoms with Crippen molar-refractivity contribution in [3.63, 3.8) is 0 Å². The normalized spacial score (nSPS) is 14.5. The molecule has 55 heavy (non-hydrogen) atoms. The maximum Gasteiger partial charge on any atom is 0.132 e. The quantitative estimate of drug-likeness (QED) is 0.0901. The third kappa shape index (κ3) is 6.71. The smallest absolute Gasteiger partial charge is 0.132 e. The van der Waals surface area contributed by atoms with Crippen molar-refractivity contribution in [2.45, 2.75) is 91.1 Å². The number of thiophene rings is 4. The standard InChI is InChI=1S/C42H44N6S6Si/c1-5-9-13-25(7-3)23-55(24-26(8-4)14-10-6-2)33-19-31(37-39-35(45-53-47-39)27(21-43-37)29-15-11-17-49-29)51-41(33)42-34(55)20-32(52-42)38-40-36(46-54-48-40)28(22-44-38)30-16-12-18-50-30/h11-12,15-22,25-26H,5-10,13-14,23-24H2,1-4H3. The maximum atomic E-state index is 5.18. The lowest BCUT2D eigenvalue weighted by Crippen LogP contribution is -2.56. The van der Waals surface area contributed by atoms with E-state index in [1.807, 2.05) is 35.1 Å². The van der Waals surface area contributed by atoms with Crippen molar-refractivity contribution >= 4 is 109 Å². The summed E-state index contributed by atoms with van der Waals surface area (Å²) in [6, 6.07) is 16.3. The van der Waals surface area contributed by atoms with Crippen LogP contribution >= 0.6 is 68.8 Å². The van der Waals surface area contributed by atoms with Crippen LogP contribution in [0.25, 0.3) is 73.8 Å². The number of pyridine rings is 2. The van der Waals surface area contributed by atoms with Crippen LogP contribution < -0.4 is 10.4 Å². The zero-order valence-electron chi connectivity index (χ0n) is 31.6. The molecule has 0 N–H and O–H groups in total. The molecule has 0 spiro atoms. The minimum Gasteiger partial charge on any atom is -0.252 e. The lowest BCUT2D eigenvalue weighted by atomic mass is 10.0. The summed E-state index contributed by atoms with van der Waals surface area (Å²) in [4.78, 5) is 18.1. The Labute approximate surface area is 348 Å². The lowest BCUT2D eigenvalue weighted by molar-refractivity contribution is 0.469. The fourth-order valence-electron chi connectivity index (χ4n) is 8.73. The van der Waals surface area contributed by atoms with Crippen LogP contribution in [0, 0.1) is 11.8 Å². The van der Waals surface area contributed by atoms with Gasteiger partial charge in [-0.3, -0.25) is 9.97 Å². The van der Waals surface area contributed by atoms with Crippen molar-refractivity contribution in [2.75, 3.05) is 0 Å². The average Bonchev–Trinajstić information content (AvgIpc) is 4.06. The van der Waals surface area contributed by atoms with E-state index in [2.05, 4.69) is 74.9 Å². The molecule has 0 fully saturated rings. The number of fused-ring (bicyclic) bond motifs is 5. The molecular weight excluding hydrogens is 809 g/mol. The highest BCUT2D eigenvalue weighted by Crippen LogP contribution is 2.50. The number of aromatic nitrogens is 6. The zero-order valence-corrected chi connectivity index (χ0v) is 37.5. The molecule has 6 nitrogen and oxygen atoms in total. The van der Waals surface area contributed by atoms with Crippen LogP contribution in [0.5, 0.6) is 0 Å². The molecule has 8 aromatic heterocycles. The Bertz CT molecular complexity index is 2370. The van der Waals surface area contributed by atoms with Crippen LogP contribution in [0.1, 0.15) is 79.1 Å². The van der Waals surface area contributed by atoms with Gasteiger partial charge in [0.2, 0.25) is 0 Å². The Morgan fingerprint density at radius 3 is 1.44 bits per heavy atom. The summed E-state index contributed by atoms with van der Waals surface area (Å²) in [6.07, 6.45) is 14.2. The van der Waals surface area contributed by atoms with E-state index >= 15 is 0 Å². The predicted molar refractivity (Wildman–Crippen MR) is 244 cm³/mol. The highest BCUT2D eigenvalue weighted by molar-refractivity contribution is 7.31. The minimum atomic E-state index is -2.28. The molecule has 13 heteroatoms. The van der Waals surface area contributed by atoms with E-state index in [4.69, 9.17) is 27.5 Å². The van der Waals surface area contributed by atoms with Gasteiger partial charge in [0.25, 0.3) is 0 Å². The Morgan fingerprint density at radius 2 is 1.04 bits per heavy atom. The van der Waals surface area contributed by atoms with Gasteiger partial charge in [0.15, 0.2) is 0 Å². The van der Waals surface area contributed by atoms with E-state index in [-0.39, 0.29) is 0 Å². The fourth-order valence-corrected chi connectivity index (χ4v) is 21.7. The summed E-state index contributed by atoms with van der Waals surface area (Å²) in [7, 11) is -2.28. The molecule has 0 saturated heterocycles. The Kier molecular flexibility index (Phi) is 11.0. The highest BCUT2D eigenvalue weighted by atomic mass is 32.1. The Morgan fingerprint density at radius 1 is 0.582 bits per heavy atom. The van der Waals surface area contributed by atoms with E-state index < -0.39 is 8.07 Å². The molecular formula is C42H44N6S6Si. The first-order valence-corrected chi connectivity index (χ1v) is 26.9. The largest absolute Gasteiger partial charge is 0.252 e. The number of hydrogen-bond donors (Lipinski definition) is 0. The second-order valence-electron chi connectivity index (χ2n) is 14.9. The van der Waals surface area contributed by atoms with E-state index in [0.29, 0.717) is 11.8 Å². The van der Waals surface area contributed by atoms with Crippen LogP contribution in [-0.4, -0.2) is 35.5 Å². The SMILES string of the molecule is CCCCC(CC)C[Si]1(CC(CC)CCCC)c2cc(-c3ncc(-c4cccs4)c4nsnc34)sc2-c2sc(-c3ncc(-c4cccs4)c4nsnc34)cc21. The van der Waals surface area contributed by atoms with Crippen LogP contribution in [0.2, 0.25) is 12.1 Å². The summed E-state index contributed by atoms with van der Waals surface area (Å²) in [5, 5.41) is 7.53. The van der Waals surface area contributed by atoms with E-state index in [1.54, 1.807) is 33.0 Å². The first-order chi connectivity index (χ1) is 27.1. The monoisotopic (exact) mass is 852 g/mol. The van der Waals surface area contributed by atoms with E-state index in [1.165, 1.54) is 116 Å². The van der Waals surface area contributed by atoms with Gasteiger partial charge in [-0.15, -0.1) is 45.3 Å². The number of hydrogen-bond acceptors (Lipinski definition) is 12. The maximum absolute atomic E-state index is 5.18. The van der Waals surface area contributed by atoms with Crippen molar-refractivity contribution < 1.29 is 0 Å². The minimum absolute atomic E-state index is 0.705. The van der Waals surface area contributed by atoms with Gasteiger partial charge in [-0.1, -0.05) is 91.2 Å². The molecule has 0 radical (unpaired) electrons. The van der Waals surface area contributed by atoms with Gasteiger partial charge >= 0.3 is 0 Å². The molecule has 0 bridgehead atoms. The van der Waals surface area contributed by atoms with Gasteiger partial charge in [-0.05, 0) is 69.3 Å². The van der Waals surface area contributed by atoms with Crippen LogP contribution in [-0.2, 0) is 0 Å². The van der Waals surface area contributed by atoms with E-state index in [9.17, 15) is 0 Å². The Hall–Kier alpha value is -3.04. The molecule has 9 heterocycles. The molecule has 0 aliphatic carbocycles. The molecule has 2 atom stereocenters. The zero-order chi connectivity index (χ0) is 37.5. The molecule has 282 valence electrons. The summed E-state index contributed by atoms with van der Waals surface area (Å²) < 4.78 is 19.4. The molecule has 1 aliphatic rings. The van der Waals surface area contributed by atoms with Crippen molar-refractivity contribution in [2.24, 2.45) is 11.8 Å². The molecule has 0 saturated carbocycles. The first kappa shape index (κ1) is 37.5. The third-order valence-electron chi connectivity index (χ3n) is 11.7. The summed E-state index contributed by atoms with van der Waals surface area (Å²) in [6.45, 7) is 9.55. The van der Waals surface area contributed by atoms with E-state index in [0.717, 1.165) is 44.6 Å². The first-order valence-electron chi connectivity index (χ1n) is 19.7. The predicted octanol–water partition coefficient (Wildman–Crippen LogP) is 13.4. The second-order valence-corrected chi connectivity index (χ2v) is 24.1. The van der Waals surface area contributed by atoms with Crippen LogP contribution in [0.4, 0.5) is 0 Å². The molecule has 8 aromatic rings. The third-order valence-corrected chi connectivity index (χ3v) is 22.8. The number of nitrogens with zero attached hydrogens (tertiary/aromatic N) is 6. The average molecular weight is 853 g/mol. The van der Waals surface area contributed by atoms with Crippen molar-refractivity contribution in [1.29, 1.82) is 0 Å². The van der Waals surface area contributed by atoms with Gasteiger partial charge in [-0.25, -0.2) is 0 Å². The molecule has 1 aliphatic heterocycles. The Balaban J connectivity index is 1.24. The van der Waals surface area contributed by atoms with Gasteiger partial charge in [-0.2, -0.15) is 17.5 Å². The second kappa shape index (κ2) is 16.1. The van der Waals surface area contributed by atoms with Crippen molar-refractivity contribution in [1.82, 2.24) is 27.5 Å². The van der Waals surface area contributed by atoms with Gasteiger partial charge in [0.1, 0.15) is 41.5 Å². The number of unbranched alkanes of at least 4 members (excludes halogenated alkanes) is 2. The van der Waals surface area contributed by atoms with Crippen molar-refractivity contribution in [3.8, 4) is 51.8 Å². The topological polar surface area (TPSA) is 77.3 Å². The molecule has 0 amide bonds. The molecule has 9 rings (SSSR count). The van der Waals surface area contributed by atoms with Crippen molar-refractivity contribution in [3.05, 3.63) is 59.6 Å². The number of rotatable bonds is 16.